The van der Waals surface area contributed by atoms with Crippen LogP contribution < -0.4 is 5.43 Å². The van der Waals surface area contributed by atoms with Crippen LogP contribution in [0.1, 0.15) is 5.56 Å². The summed E-state index contributed by atoms with van der Waals surface area (Å²) < 4.78 is 2.63. The van der Waals surface area contributed by atoms with Gasteiger partial charge in [0.05, 0.1) is 0 Å². The molecule has 16 heavy (non-hydrogen) atoms. The van der Waals surface area contributed by atoms with E-state index in [-0.39, 0.29) is 0 Å². The minimum absolute atomic E-state index is 0.778. The monoisotopic (exact) mass is 248 g/mol. The highest BCUT2D eigenvalue weighted by Gasteiger charge is 1.98. The second kappa shape index (κ2) is 5.72. The maximum atomic E-state index is 5.23. The van der Waals surface area contributed by atoms with Gasteiger partial charge in [0.15, 0.2) is 4.32 Å². The molecule has 0 saturated heterocycles. The van der Waals surface area contributed by atoms with Crippen LogP contribution in [0.15, 0.2) is 54.9 Å². The van der Waals surface area contributed by atoms with Crippen LogP contribution in [0, 0.1) is 0 Å². The summed E-state index contributed by atoms with van der Waals surface area (Å²) in [6.07, 6.45) is 3.85. The number of nitrogens with zero attached hydrogens (tertiary/aromatic N) is 1. The highest BCUT2D eigenvalue weighted by Crippen LogP contribution is 2.12. The largest absolute Gasteiger partial charge is 0.279 e. The van der Waals surface area contributed by atoms with Crippen molar-refractivity contribution in [2.75, 3.05) is 5.43 Å². The third-order valence-electron chi connectivity index (χ3n) is 2.04. The number of benzene rings is 1. The van der Waals surface area contributed by atoms with Crippen LogP contribution in [-0.4, -0.2) is 9.00 Å². The molecule has 2 aromatic rings. The molecular weight excluding hydrogens is 236 g/mol. The summed E-state index contributed by atoms with van der Waals surface area (Å²) in [7, 11) is 0. The molecule has 0 atom stereocenters. The summed E-state index contributed by atoms with van der Waals surface area (Å²) in [5.41, 5.74) is 4.38. The first-order valence-electron chi connectivity index (χ1n) is 4.95. The molecule has 4 heteroatoms. The number of aromatic nitrogens is 1. The first kappa shape index (κ1) is 11.2. The van der Waals surface area contributed by atoms with E-state index in [9.17, 15) is 0 Å². The van der Waals surface area contributed by atoms with Gasteiger partial charge in [0.1, 0.15) is 0 Å². The van der Waals surface area contributed by atoms with E-state index in [1.807, 2.05) is 47.4 Å². The minimum atomic E-state index is 0.778. The van der Waals surface area contributed by atoms with E-state index in [1.54, 1.807) is 11.8 Å². The molecule has 0 radical (unpaired) electrons. The smallest absolute Gasteiger partial charge is 0.153 e. The van der Waals surface area contributed by atoms with Crippen LogP contribution >= 0.6 is 24.0 Å². The molecule has 1 aromatic carbocycles. The molecule has 1 N–H and O–H groups in total. The Labute approximate surface area is 105 Å². The Balaban J connectivity index is 1.80. The van der Waals surface area contributed by atoms with Gasteiger partial charge in [-0.2, -0.15) is 0 Å². The van der Waals surface area contributed by atoms with Gasteiger partial charge >= 0.3 is 0 Å². The molecule has 2 rings (SSSR count). The van der Waals surface area contributed by atoms with Gasteiger partial charge in [-0.1, -0.05) is 54.3 Å². The Kier molecular flexibility index (Phi) is 4.02. The van der Waals surface area contributed by atoms with E-state index >= 15 is 0 Å². The minimum Gasteiger partial charge on any atom is -0.279 e. The lowest BCUT2D eigenvalue weighted by molar-refractivity contribution is 1.00. The normalized spacial score (nSPS) is 10.0. The zero-order chi connectivity index (χ0) is 11.2. The first-order chi connectivity index (χ1) is 7.84. The molecule has 0 aliphatic heterocycles. The molecule has 0 bridgehead atoms. The zero-order valence-electron chi connectivity index (χ0n) is 8.67. The molecule has 0 amide bonds. The average molecular weight is 248 g/mol. The van der Waals surface area contributed by atoms with Crippen molar-refractivity contribution in [3.05, 3.63) is 60.4 Å². The van der Waals surface area contributed by atoms with E-state index in [0.29, 0.717) is 0 Å². The standard InChI is InChI=1S/C12H12N2S2/c15-12(13-14-8-4-5-9-14)16-10-11-6-2-1-3-7-11/h1-9H,10H2,(H,13,15). The van der Waals surface area contributed by atoms with Crippen LogP contribution in [-0.2, 0) is 5.75 Å². The summed E-state index contributed by atoms with van der Waals surface area (Å²) in [6, 6.07) is 14.2. The van der Waals surface area contributed by atoms with E-state index in [0.717, 1.165) is 10.1 Å². The third-order valence-corrected chi connectivity index (χ3v) is 3.31. The number of hydrogen-bond acceptors (Lipinski definition) is 2. The lowest BCUT2D eigenvalue weighted by Gasteiger charge is -2.07. The van der Waals surface area contributed by atoms with Gasteiger partial charge in [0.2, 0.25) is 0 Å². The predicted molar refractivity (Wildman–Crippen MR) is 74.1 cm³/mol. The summed E-state index contributed by atoms with van der Waals surface area (Å²) in [4.78, 5) is 0. The topological polar surface area (TPSA) is 17.0 Å². The van der Waals surface area contributed by atoms with Crippen molar-refractivity contribution in [1.29, 1.82) is 0 Å². The van der Waals surface area contributed by atoms with Gasteiger partial charge in [0.25, 0.3) is 0 Å². The van der Waals surface area contributed by atoms with Gasteiger partial charge in [-0.25, -0.2) is 0 Å². The van der Waals surface area contributed by atoms with Crippen molar-refractivity contribution in [1.82, 2.24) is 4.68 Å². The van der Waals surface area contributed by atoms with Crippen LogP contribution in [0.2, 0.25) is 0 Å². The van der Waals surface area contributed by atoms with Gasteiger partial charge in [-0.05, 0) is 17.7 Å². The van der Waals surface area contributed by atoms with E-state index in [1.165, 1.54) is 5.56 Å². The maximum Gasteiger partial charge on any atom is 0.153 e. The molecule has 2 nitrogen and oxygen atoms in total. The third kappa shape index (κ3) is 3.40. The van der Waals surface area contributed by atoms with Gasteiger partial charge in [-0.15, -0.1) is 0 Å². The van der Waals surface area contributed by atoms with Crippen LogP contribution in [0.4, 0.5) is 0 Å². The molecule has 1 heterocycles. The van der Waals surface area contributed by atoms with Crippen LogP contribution in [0.25, 0.3) is 0 Å². The van der Waals surface area contributed by atoms with E-state index in [4.69, 9.17) is 12.2 Å². The summed E-state index contributed by atoms with van der Waals surface area (Å²) in [5.74, 6) is 0.897. The fourth-order valence-corrected chi connectivity index (χ4v) is 2.21. The van der Waals surface area contributed by atoms with Gasteiger partial charge in [-0.3, -0.25) is 10.1 Å². The number of nitrogens with one attached hydrogen (secondary N) is 1. The molecule has 0 aliphatic rings. The zero-order valence-corrected chi connectivity index (χ0v) is 10.3. The Morgan fingerprint density at radius 1 is 1.12 bits per heavy atom. The van der Waals surface area contributed by atoms with Crippen molar-refractivity contribution in [2.24, 2.45) is 0 Å². The van der Waals surface area contributed by atoms with Gasteiger partial charge in [0, 0.05) is 18.1 Å². The molecular formula is C12H12N2S2. The molecule has 0 aliphatic carbocycles. The number of thioether (sulfide) groups is 1. The first-order valence-corrected chi connectivity index (χ1v) is 6.35. The molecule has 1 aromatic heterocycles. The van der Waals surface area contributed by atoms with Gasteiger partial charge < -0.3 is 0 Å². The van der Waals surface area contributed by atoms with Crippen LogP contribution in [0.5, 0.6) is 0 Å². The van der Waals surface area contributed by atoms with E-state index < -0.39 is 0 Å². The van der Waals surface area contributed by atoms with Crippen LogP contribution in [0.3, 0.4) is 0 Å². The number of rotatable bonds is 3. The molecule has 0 spiro atoms. The highest BCUT2D eigenvalue weighted by molar-refractivity contribution is 8.22. The molecule has 82 valence electrons. The van der Waals surface area contributed by atoms with Crippen molar-refractivity contribution >= 4 is 28.3 Å². The summed E-state index contributed by atoms with van der Waals surface area (Å²) >= 11 is 6.86. The van der Waals surface area contributed by atoms with Crippen molar-refractivity contribution < 1.29 is 0 Å². The molecule has 0 saturated carbocycles. The Morgan fingerprint density at radius 3 is 2.50 bits per heavy atom. The maximum absolute atomic E-state index is 5.23. The second-order valence-electron chi connectivity index (χ2n) is 3.26. The summed E-state index contributed by atoms with van der Waals surface area (Å²) in [6.45, 7) is 0. The Morgan fingerprint density at radius 2 is 1.81 bits per heavy atom. The van der Waals surface area contributed by atoms with Crippen molar-refractivity contribution in [3.8, 4) is 0 Å². The van der Waals surface area contributed by atoms with Crippen molar-refractivity contribution in [2.45, 2.75) is 5.75 Å². The Hall–Kier alpha value is -1.26. The lowest BCUT2D eigenvalue weighted by atomic mass is 10.2. The molecule has 0 unspecified atom stereocenters. The fraction of sp³-hybridized carbons (Fsp3) is 0.0833. The highest BCUT2D eigenvalue weighted by atomic mass is 32.2. The summed E-state index contributed by atoms with van der Waals surface area (Å²) in [5, 5.41) is 0. The Bertz CT molecular complexity index is 437. The average Bonchev–Trinajstić information content (AvgIpc) is 2.81. The second-order valence-corrected chi connectivity index (χ2v) is 4.92. The number of thiocarbonyl (C=S) groups is 1. The molecule has 0 fully saturated rings. The quantitative estimate of drug-likeness (QED) is 0.840. The number of hydrogen-bond donors (Lipinski definition) is 1. The SMILES string of the molecule is S=C(Nn1cccc1)SCc1ccccc1. The van der Waals surface area contributed by atoms with Crippen molar-refractivity contribution in [3.63, 3.8) is 0 Å². The fourth-order valence-electron chi connectivity index (χ4n) is 1.27. The predicted octanol–water partition coefficient (Wildman–Crippen LogP) is 3.25. The lowest BCUT2D eigenvalue weighted by Crippen LogP contribution is -2.16. The van der Waals surface area contributed by atoms with E-state index in [2.05, 4.69) is 17.6 Å².